The fraction of sp³-hybridized carbons (Fsp3) is 0.594. The predicted octanol–water partition coefficient (Wildman–Crippen LogP) is 7.15. The number of carbonyl (C=O) groups excluding carboxylic acids is 1. The number of carbonyl (C=O) groups is 1. The third kappa shape index (κ3) is 8.65. The number of phenolic OH excluding ortho intramolecular Hbond substituents is 1. The summed E-state index contributed by atoms with van der Waals surface area (Å²) in [4.78, 5) is 15.2. The zero-order chi connectivity index (χ0) is 26.1. The first kappa shape index (κ1) is 28.2. The van der Waals surface area contributed by atoms with Gasteiger partial charge in [-0.25, -0.2) is 0 Å². The van der Waals surface area contributed by atoms with Crippen LogP contribution in [0.15, 0.2) is 36.4 Å². The first-order valence-corrected chi connectivity index (χ1v) is 14.1. The van der Waals surface area contributed by atoms with E-state index in [4.69, 9.17) is 0 Å². The van der Waals surface area contributed by atoms with Crippen LogP contribution in [-0.2, 0) is 18.4 Å². The minimum atomic E-state index is -0.0474. The topological polar surface area (TPSA) is 52.6 Å². The Bertz CT molecular complexity index is 984. The summed E-state index contributed by atoms with van der Waals surface area (Å²) in [6.07, 6.45) is 9.40. The van der Waals surface area contributed by atoms with Crippen LogP contribution in [0.5, 0.6) is 5.75 Å². The molecule has 1 atom stereocenters. The molecule has 1 aliphatic heterocycles. The van der Waals surface area contributed by atoms with Crippen LogP contribution in [0.2, 0.25) is 0 Å². The molecule has 0 radical (unpaired) electrons. The van der Waals surface area contributed by atoms with Gasteiger partial charge in [-0.1, -0.05) is 70.7 Å². The zero-order valence-corrected chi connectivity index (χ0v) is 23.3. The number of aryl methyl sites for hydroxylation is 2. The fourth-order valence-electron chi connectivity index (χ4n) is 5.31. The lowest BCUT2D eigenvalue weighted by atomic mass is 9.81. The van der Waals surface area contributed by atoms with Gasteiger partial charge in [0.25, 0.3) is 5.91 Å². The van der Waals surface area contributed by atoms with Crippen LogP contribution in [0.4, 0.5) is 0 Å². The average Bonchev–Trinajstić information content (AvgIpc) is 3.09. The highest BCUT2D eigenvalue weighted by Crippen LogP contribution is 2.28. The Morgan fingerprint density at radius 1 is 1.00 bits per heavy atom. The quantitative estimate of drug-likeness (QED) is 0.370. The van der Waals surface area contributed by atoms with Crippen LogP contribution < -0.4 is 5.32 Å². The SMILES string of the molecule is Cc1ccc(CCCC(C)CCNC(=O)c2ccc(O)c(CN3CCCCCC3)c2)c(C(C)(C)C)c1. The number of amides is 1. The molecule has 2 aromatic carbocycles. The average molecular weight is 493 g/mol. The van der Waals surface area contributed by atoms with Crippen molar-refractivity contribution in [1.29, 1.82) is 0 Å². The highest BCUT2D eigenvalue weighted by Gasteiger charge is 2.18. The third-order valence-corrected chi connectivity index (χ3v) is 7.57. The second kappa shape index (κ2) is 13.3. The number of rotatable bonds is 10. The minimum Gasteiger partial charge on any atom is -0.508 e. The van der Waals surface area contributed by atoms with E-state index < -0.39 is 0 Å². The van der Waals surface area contributed by atoms with Gasteiger partial charge in [0.05, 0.1) is 0 Å². The first-order chi connectivity index (χ1) is 17.1. The molecule has 3 rings (SSSR count). The molecule has 0 aliphatic carbocycles. The summed E-state index contributed by atoms with van der Waals surface area (Å²) in [5, 5.41) is 13.4. The zero-order valence-electron chi connectivity index (χ0n) is 23.3. The highest BCUT2D eigenvalue weighted by atomic mass is 16.3. The Kier molecular flexibility index (Phi) is 10.4. The molecule has 0 spiro atoms. The summed E-state index contributed by atoms with van der Waals surface area (Å²) in [5.74, 6) is 0.800. The molecular formula is C32H48N2O2. The molecule has 2 aromatic rings. The number of phenols is 1. The van der Waals surface area contributed by atoms with Crippen molar-refractivity contribution in [2.24, 2.45) is 5.92 Å². The number of benzene rings is 2. The van der Waals surface area contributed by atoms with E-state index in [0.29, 0.717) is 24.6 Å². The Morgan fingerprint density at radius 3 is 2.42 bits per heavy atom. The van der Waals surface area contributed by atoms with E-state index in [2.05, 4.69) is 63.0 Å². The maximum absolute atomic E-state index is 12.8. The standard InChI is InChI=1S/C32H48N2O2/c1-24(11-10-12-26-14-13-25(2)21-29(26)32(3,4)5)17-18-33-31(36)27-15-16-30(35)28(22-27)23-34-19-8-6-7-9-20-34/h13-16,21-22,24,35H,6-12,17-20,23H2,1-5H3,(H,33,36). The van der Waals surface area contributed by atoms with Crippen molar-refractivity contribution in [3.8, 4) is 5.75 Å². The monoisotopic (exact) mass is 492 g/mol. The highest BCUT2D eigenvalue weighted by molar-refractivity contribution is 5.94. The summed E-state index contributed by atoms with van der Waals surface area (Å²) >= 11 is 0. The molecule has 1 aliphatic rings. The summed E-state index contributed by atoms with van der Waals surface area (Å²) in [7, 11) is 0. The van der Waals surface area contributed by atoms with Gasteiger partial charge in [0, 0.05) is 24.2 Å². The normalized spacial score (nSPS) is 15.9. The molecule has 36 heavy (non-hydrogen) atoms. The fourth-order valence-corrected chi connectivity index (χ4v) is 5.31. The van der Waals surface area contributed by atoms with Crippen LogP contribution in [0.25, 0.3) is 0 Å². The number of hydrogen-bond acceptors (Lipinski definition) is 3. The second-order valence-electron chi connectivity index (χ2n) is 12.0. The largest absolute Gasteiger partial charge is 0.508 e. The second-order valence-corrected chi connectivity index (χ2v) is 12.0. The van der Waals surface area contributed by atoms with E-state index in [1.807, 2.05) is 6.07 Å². The van der Waals surface area contributed by atoms with E-state index in [-0.39, 0.29) is 17.1 Å². The third-order valence-electron chi connectivity index (χ3n) is 7.57. The predicted molar refractivity (Wildman–Crippen MR) is 151 cm³/mol. The van der Waals surface area contributed by atoms with Crippen molar-refractivity contribution in [3.63, 3.8) is 0 Å². The molecule has 0 aromatic heterocycles. The number of likely N-dealkylation sites (tertiary alicyclic amines) is 1. The van der Waals surface area contributed by atoms with Crippen LogP contribution in [0.3, 0.4) is 0 Å². The molecule has 4 heteroatoms. The number of aromatic hydroxyl groups is 1. The number of nitrogens with one attached hydrogen (secondary N) is 1. The molecule has 2 N–H and O–H groups in total. The molecule has 1 unspecified atom stereocenters. The van der Waals surface area contributed by atoms with E-state index in [9.17, 15) is 9.90 Å². The van der Waals surface area contributed by atoms with Crippen molar-refractivity contribution in [2.45, 2.75) is 97.9 Å². The Labute approximate surface area is 219 Å². The molecule has 0 saturated carbocycles. The molecule has 1 fully saturated rings. The molecule has 198 valence electrons. The molecule has 0 bridgehead atoms. The van der Waals surface area contributed by atoms with Gasteiger partial charge in [0.15, 0.2) is 0 Å². The van der Waals surface area contributed by atoms with Crippen LogP contribution in [0.1, 0.15) is 105 Å². The summed E-state index contributed by atoms with van der Waals surface area (Å²) in [6.45, 7) is 14.9. The Hall–Kier alpha value is -2.33. The molecule has 4 nitrogen and oxygen atoms in total. The lowest BCUT2D eigenvalue weighted by molar-refractivity contribution is 0.0951. The van der Waals surface area contributed by atoms with Crippen LogP contribution in [0, 0.1) is 12.8 Å². The molecule has 1 heterocycles. The van der Waals surface area contributed by atoms with Gasteiger partial charge in [-0.15, -0.1) is 0 Å². The minimum absolute atomic E-state index is 0.0474. The molecule has 1 amide bonds. The smallest absolute Gasteiger partial charge is 0.251 e. The summed E-state index contributed by atoms with van der Waals surface area (Å²) < 4.78 is 0. The van der Waals surface area contributed by atoms with Crippen LogP contribution >= 0.6 is 0 Å². The van der Waals surface area contributed by atoms with Gasteiger partial charge in [-0.05, 0) is 92.8 Å². The van der Waals surface area contributed by atoms with E-state index >= 15 is 0 Å². The van der Waals surface area contributed by atoms with Crippen molar-refractivity contribution < 1.29 is 9.90 Å². The summed E-state index contributed by atoms with van der Waals surface area (Å²) in [6, 6.07) is 12.1. The maximum Gasteiger partial charge on any atom is 0.251 e. The van der Waals surface area contributed by atoms with E-state index in [1.54, 1.807) is 12.1 Å². The Balaban J connectivity index is 1.44. The van der Waals surface area contributed by atoms with Gasteiger partial charge in [0.2, 0.25) is 0 Å². The van der Waals surface area contributed by atoms with Crippen molar-refractivity contribution >= 4 is 5.91 Å². The summed E-state index contributed by atoms with van der Waals surface area (Å²) in [5.41, 5.74) is 5.92. The van der Waals surface area contributed by atoms with Gasteiger partial charge in [-0.2, -0.15) is 0 Å². The van der Waals surface area contributed by atoms with Gasteiger partial charge >= 0.3 is 0 Å². The van der Waals surface area contributed by atoms with Crippen molar-refractivity contribution in [2.75, 3.05) is 19.6 Å². The lowest BCUT2D eigenvalue weighted by Crippen LogP contribution is -2.26. The maximum atomic E-state index is 12.8. The first-order valence-electron chi connectivity index (χ1n) is 14.1. The van der Waals surface area contributed by atoms with E-state index in [1.165, 1.54) is 48.8 Å². The van der Waals surface area contributed by atoms with Crippen LogP contribution in [-0.4, -0.2) is 35.5 Å². The van der Waals surface area contributed by atoms with E-state index in [0.717, 1.165) is 37.9 Å². The molecule has 1 saturated heterocycles. The van der Waals surface area contributed by atoms with Crippen molar-refractivity contribution in [1.82, 2.24) is 10.2 Å². The molecular weight excluding hydrogens is 444 g/mol. The van der Waals surface area contributed by atoms with Gasteiger partial charge in [-0.3, -0.25) is 9.69 Å². The van der Waals surface area contributed by atoms with Gasteiger partial charge in [0.1, 0.15) is 5.75 Å². The number of nitrogens with zero attached hydrogens (tertiary/aromatic N) is 1. The lowest BCUT2D eigenvalue weighted by Gasteiger charge is -2.24. The Morgan fingerprint density at radius 2 is 1.72 bits per heavy atom. The van der Waals surface area contributed by atoms with Crippen molar-refractivity contribution in [3.05, 3.63) is 64.2 Å². The van der Waals surface area contributed by atoms with Gasteiger partial charge < -0.3 is 10.4 Å². The number of hydrogen-bond donors (Lipinski definition) is 2.